The molecule has 30 heavy (non-hydrogen) atoms. The second-order valence-corrected chi connectivity index (χ2v) is 9.95. The number of amides is 1. The van der Waals surface area contributed by atoms with Crippen LogP contribution in [0.4, 0.5) is 15.2 Å². The number of nitrogens with zero attached hydrogens (tertiary/aromatic N) is 2. The Labute approximate surface area is 178 Å². The quantitative estimate of drug-likeness (QED) is 0.647. The number of halogens is 1. The van der Waals surface area contributed by atoms with Crippen LogP contribution < -0.4 is 9.62 Å². The molecular formula is C21H20FN3O3S2. The highest BCUT2D eigenvalue weighted by Gasteiger charge is 2.29. The van der Waals surface area contributed by atoms with Crippen LogP contribution in [-0.2, 0) is 21.2 Å². The van der Waals surface area contributed by atoms with Crippen LogP contribution in [-0.4, -0.2) is 25.9 Å². The van der Waals surface area contributed by atoms with Crippen molar-refractivity contribution in [3.63, 3.8) is 0 Å². The van der Waals surface area contributed by atoms with E-state index in [4.69, 9.17) is 0 Å². The Morgan fingerprint density at radius 1 is 1.20 bits per heavy atom. The summed E-state index contributed by atoms with van der Waals surface area (Å²) >= 11 is 1.39. The number of carbonyl (C=O) groups is 1. The van der Waals surface area contributed by atoms with E-state index in [9.17, 15) is 17.6 Å². The minimum Gasteiger partial charge on any atom is -0.302 e. The third kappa shape index (κ3) is 3.82. The van der Waals surface area contributed by atoms with Gasteiger partial charge in [-0.15, -0.1) is 0 Å². The van der Waals surface area contributed by atoms with Crippen molar-refractivity contribution in [3.05, 3.63) is 59.5 Å². The van der Waals surface area contributed by atoms with Gasteiger partial charge in [-0.2, -0.15) is 0 Å². The molecule has 1 aliphatic rings. The number of nitrogens with one attached hydrogen (secondary N) is 1. The monoisotopic (exact) mass is 445 g/mol. The molecular weight excluding hydrogens is 425 g/mol. The Morgan fingerprint density at radius 3 is 2.63 bits per heavy atom. The van der Waals surface area contributed by atoms with E-state index >= 15 is 0 Å². The van der Waals surface area contributed by atoms with E-state index in [-0.39, 0.29) is 10.8 Å². The lowest BCUT2D eigenvalue weighted by Crippen LogP contribution is -2.35. The van der Waals surface area contributed by atoms with Gasteiger partial charge in [-0.05, 0) is 67.3 Å². The van der Waals surface area contributed by atoms with Gasteiger partial charge in [0.2, 0.25) is 5.91 Å². The fraction of sp³-hybridized carbons (Fsp3) is 0.238. The number of anilines is 2. The zero-order chi connectivity index (χ0) is 21.5. The molecule has 0 spiro atoms. The summed E-state index contributed by atoms with van der Waals surface area (Å²) in [5.41, 5.74) is 3.30. The number of sulfonamides is 1. The van der Waals surface area contributed by atoms with Gasteiger partial charge in [-0.1, -0.05) is 17.4 Å². The molecule has 4 rings (SSSR count). The molecule has 1 N–H and O–H groups in total. The van der Waals surface area contributed by atoms with Gasteiger partial charge < -0.3 is 5.32 Å². The highest BCUT2D eigenvalue weighted by atomic mass is 32.2. The van der Waals surface area contributed by atoms with E-state index in [1.807, 2.05) is 25.1 Å². The fourth-order valence-corrected chi connectivity index (χ4v) is 6.11. The van der Waals surface area contributed by atoms with E-state index in [0.717, 1.165) is 40.3 Å². The molecule has 1 amide bonds. The predicted octanol–water partition coefficient (Wildman–Crippen LogP) is 4.36. The largest absolute Gasteiger partial charge is 0.302 e. The zero-order valence-electron chi connectivity index (χ0n) is 16.5. The van der Waals surface area contributed by atoms with Crippen molar-refractivity contribution in [3.8, 4) is 10.4 Å². The number of thiazole rings is 1. The molecule has 1 aliphatic heterocycles. The van der Waals surface area contributed by atoms with Gasteiger partial charge in [0.1, 0.15) is 5.82 Å². The molecule has 0 saturated heterocycles. The molecule has 0 atom stereocenters. The van der Waals surface area contributed by atoms with Crippen LogP contribution in [0.3, 0.4) is 0 Å². The number of hydrogen-bond donors (Lipinski definition) is 1. The molecule has 9 heteroatoms. The maximum absolute atomic E-state index is 13.2. The van der Waals surface area contributed by atoms with Crippen molar-refractivity contribution in [2.24, 2.45) is 0 Å². The number of aromatic nitrogens is 1. The Kier molecular flexibility index (Phi) is 5.33. The third-order valence-corrected chi connectivity index (χ3v) is 7.85. The maximum Gasteiger partial charge on any atom is 0.264 e. The molecule has 0 bridgehead atoms. The summed E-state index contributed by atoms with van der Waals surface area (Å²) in [4.78, 5) is 16.7. The van der Waals surface area contributed by atoms with Gasteiger partial charge in [-0.3, -0.25) is 9.10 Å². The summed E-state index contributed by atoms with van der Waals surface area (Å²) in [6.45, 7) is 3.69. The van der Waals surface area contributed by atoms with E-state index in [2.05, 4.69) is 10.3 Å². The van der Waals surface area contributed by atoms with Crippen LogP contribution in [0.15, 0.2) is 47.4 Å². The highest BCUT2D eigenvalue weighted by molar-refractivity contribution is 7.92. The van der Waals surface area contributed by atoms with Crippen molar-refractivity contribution in [2.45, 2.75) is 31.6 Å². The minimum atomic E-state index is -3.78. The topological polar surface area (TPSA) is 79.4 Å². The molecule has 0 fully saturated rings. The molecule has 0 radical (unpaired) electrons. The summed E-state index contributed by atoms with van der Waals surface area (Å²) in [6.07, 6.45) is 1.45. The van der Waals surface area contributed by atoms with E-state index < -0.39 is 15.8 Å². The zero-order valence-corrected chi connectivity index (χ0v) is 18.1. The summed E-state index contributed by atoms with van der Waals surface area (Å²) in [6, 6.07) is 10.5. The predicted molar refractivity (Wildman–Crippen MR) is 116 cm³/mol. The lowest BCUT2D eigenvalue weighted by atomic mass is 10.00. The van der Waals surface area contributed by atoms with E-state index in [0.29, 0.717) is 23.8 Å². The first-order valence-corrected chi connectivity index (χ1v) is 11.7. The smallest absolute Gasteiger partial charge is 0.264 e. The van der Waals surface area contributed by atoms with Crippen molar-refractivity contribution in [1.82, 2.24) is 4.98 Å². The molecule has 3 aromatic rings. The maximum atomic E-state index is 13.2. The first kappa shape index (κ1) is 20.5. The first-order valence-electron chi connectivity index (χ1n) is 9.42. The van der Waals surface area contributed by atoms with Gasteiger partial charge in [0.05, 0.1) is 21.2 Å². The Morgan fingerprint density at radius 2 is 1.93 bits per heavy atom. The molecule has 156 valence electrons. The number of fused-ring (bicyclic) bond motifs is 1. The molecule has 0 saturated carbocycles. The fourth-order valence-electron chi connectivity index (χ4n) is 3.56. The lowest BCUT2D eigenvalue weighted by Gasteiger charge is -2.30. The van der Waals surface area contributed by atoms with E-state index in [1.54, 1.807) is 0 Å². The van der Waals surface area contributed by atoms with Crippen molar-refractivity contribution in [2.75, 3.05) is 16.2 Å². The van der Waals surface area contributed by atoms with Crippen molar-refractivity contribution < 1.29 is 17.6 Å². The van der Waals surface area contributed by atoms with Crippen LogP contribution in [0.5, 0.6) is 0 Å². The molecule has 6 nitrogen and oxygen atoms in total. The van der Waals surface area contributed by atoms with Crippen LogP contribution in [0.2, 0.25) is 0 Å². The molecule has 0 unspecified atom stereocenters. The Hall–Kier alpha value is -2.78. The van der Waals surface area contributed by atoms with Crippen molar-refractivity contribution >= 4 is 38.1 Å². The molecule has 2 heterocycles. The molecule has 0 aliphatic carbocycles. The van der Waals surface area contributed by atoms with Gasteiger partial charge in [0, 0.05) is 13.5 Å². The van der Waals surface area contributed by atoms with E-state index in [1.165, 1.54) is 34.7 Å². The van der Waals surface area contributed by atoms with Gasteiger partial charge in [-0.25, -0.2) is 17.8 Å². The normalized spacial score (nSPS) is 13.8. The number of aryl methyl sites for hydroxylation is 2. The van der Waals surface area contributed by atoms with Gasteiger partial charge in [0.15, 0.2) is 5.13 Å². The highest BCUT2D eigenvalue weighted by Crippen LogP contribution is 2.38. The summed E-state index contributed by atoms with van der Waals surface area (Å²) in [5, 5.41) is 3.24. The summed E-state index contributed by atoms with van der Waals surface area (Å²) in [7, 11) is -3.78. The van der Waals surface area contributed by atoms with Crippen LogP contribution in [0.25, 0.3) is 10.4 Å². The standard InChI is InChI=1S/C21H20FN3O3S2/c1-13-20(29-21(23-13)24-14(2)26)16-5-10-19-15(12-16)4-3-11-25(19)30(27,28)18-8-6-17(22)7-9-18/h5-10,12H,3-4,11H2,1-2H3,(H,23,24,26). The Balaban J connectivity index is 1.71. The average molecular weight is 446 g/mol. The minimum absolute atomic E-state index is 0.0686. The van der Waals surface area contributed by atoms with Gasteiger partial charge >= 0.3 is 0 Å². The Bertz CT molecular complexity index is 1220. The molecule has 2 aromatic carbocycles. The number of benzene rings is 2. The lowest BCUT2D eigenvalue weighted by molar-refractivity contribution is -0.114. The number of hydrogen-bond acceptors (Lipinski definition) is 5. The summed E-state index contributed by atoms with van der Waals surface area (Å²) < 4.78 is 40.9. The molecule has 1 aromatic heterocycles. The number of rotatable bonds is 4. The second-order valence-electron chi connectivity index (χ2n) is 7.09. The number of carbonyl (C=O) groups excluding carboxylic acids is 1. The third-order valence-electron chi connectivity index (χ3n) is 4.90. The van der Waals surface area contributed by atoms with Gasteiger partial charge in [0.25, 0.3) is 10.0 Å². The first-order chi connectivity index (χ1) is 14.3. The van der Waals surface area contributed by atoms with Crippen LogP contribution in [0.1, 0.15) is 24.6 Å². The summed E-state index contributed by atoms with van der Waals surface area (Å²) in [5.74, 6) is -0.654. The average Bonchev–Trinajstić information content (AvgIpc) is 3.06. The SMILES string of the molecule is CC(=O)Nc1nc(C)c(-c2ccc3c(c2)CCCN3S(=O)(=O)c2ccc(F)cc2)s1. The van der Waals surface area contributed by atoms with Crippen LogP contribution in [0, 0.1) is 12.7 Å². The van der Waals surface area contributed by atoms with Crippen molar-refractivity contribution in [1.29, 1.82) is 0 Å². The second kappa shape index (κ2) is 7.81. The van der Waals surface area contributed by atoms with Crippen LogP contribution >= 0.6 is 11.3 Å².